The van der Waals surface area contributed by atoms with Crippen molar-refractivity contribution in [3.8, 4) is 6.07 Å². The lowest BCUT2D eigenvalue weighted by Crippen LogP contribution is -2.15. The van der Waals surface area contributed by atoms with Gasteiger partial charge in [-0.25, -0.2) is 8.42 Å². The predicted octanol–water partition coefficient (Wildman–Crippen LogP) is 2.68. The Morgan fingerprint density at radius 3 is 2.40 bits per heavy atom. The van der Waals surface area contributed by atoms with Crippen LogP contribution in [0.25, 0.3) is 0 Å². The summed E-state index contributed by atoms with van der Waals surface area (Å²) in [4.78, 5) is 0.00551. The number of benzene rings is 1. The number of nitriles is 1. The molecule has 0 bridgehead atoms. The SMILES string of the molecule is CC(C#N)S(=O)(=O)c1ccc(Cl)c(Cl)c1. The maximum absolute atomic E-state index is 11.7. The Balaban J connectivity index is 3.30. The molecular weight excluding hydrogens is 257 g/mol. The van der Waals surface area contributed by atoms with Gasteiger partial charge in [-0.3, -0.25) is 0 Å². The number of hydrogen-bond donors (Lipinski definition) is 0. The highest BCUT2D eigenvalue weighted by atomic mass is 35.5. The number of rotatable bonds is 2. The van der Waals surface area contributed by atoms with Crippen LogP contribution in [0.3, 0.4) is 0 Å². The molecule has 0 N–H and O–H groups in total. The van der Waals surface area contributed by atoms with Crippen molar-refractivity contribution in [2.75, 3.05) is 0 Å². The summed E-state index contributed by atoms with van der Waals surface area (Å²) >= 11 is 11.3. The lowest BCUT2D eigenvalue weighted by molar-refractivity contribution is 0.592. The zero-order valence-electron chi connectivity index (χ0n) is 7.74. The molecule has 1 atom stereocenters. The molecule has 0 amide bonds. The second-order valence-corrected chi connectivity index (χ2v) is 5.98. The molecule has 0 heterocycles. The maximum atomic E-state index is 11.7. The Labute approximate surface area is 98.2 Å². The zero-order valence-corrected chi connectivity index (χ0v) is 10.1. The van der Waals surface area contributed by atoms with Crippen LogP contribution in [0.1, 0.15) is 6.92 Å². The van der Waals surface area contributed by atoms with Crippen LogP contribution >= 0.6 is 23.2 Å². The predicted molar refractivity (Wildman–Crippen MR) is 58.7 cm³/mol. The monoisotopic (exact) mass is 263 g/mol. The van der Waals surface area contributed by atoms with Gasteiger partial charge in [0.15, 0.2) is 9.84 Å². The van der Waals surface area contributed by atoms with Crippen molar-refractivity contribution in [2.24, 2.45) is 0 Å². The van der Waals surface area contributed by atoms with Gasteiger partial charge in [0.05, 0.1) is 21.0 Å². The number of hydrogen-bond acceptors (Lipinski definition) is 3. The normalized spacial score (nSPS) is 13.2. The van der Waals surface area contributed by atoms with Crippen LogP contribution in [0, 0.1) is 11.3 Å². The first-order chi connectivity index (χ1) is 6.89. The summed E-state index contributed by atoms with van der Waals surface area (Å²) in [5, 5.41) is 7.90. The molecule has 3 nitrogen and oxygen atoms in total. The summed E-state index contributed by atoms with van der Waals surface area (Å²) in [5.74, 6) is 0. The van der Waals surface area contributed by atoms with E-state index in [9.17, 15) is 8.42 Å². The highest BCUT2D eigenvalue weighted by Gasteiger charge is 2.23. The van der Waals surface area contributed by atoms with Crippen molar-refractivity contribution in [1.82, 2.24) is 0 Å². The fraction of sp³-hybridized carbons (Fsp3) is 0.222. The molecule has 1 unspecified atom stereocenters. The summed E-state index contributed by atoms with van der Waals surface area (Å²) in [6.07, 6.45) is 0. The summed E-state index contributed by atoms with van der Waals surface area (Å²) < 4.78 is 23.4. The second kappa shape index (κ2) is 4.40. The molecule has 0 saturated heterocycles. The Morgan fingerprint density at radius 2 is 1.93 bits per heavy atom. The average Bonchev–Trinajstić information content (AvgIpc) is 2.20. The molecule has 1 aromatic carbocycles. The van der Waals surface area contributed by atoms with E-state index in [2.05, 4.69) is 0 Å². The molecule has 6 heteroatoms. The van der Waals surface area contributed by atoms with Gasteiger partial charge in [0.2, 0.25) is 0 Å². The maximum Gasteiger partial charge on any atom is 0.194 e. The van der Waals surface area contributed by atoms with E-state index in [1.807, 2.05) is 0 Å². The standard InChI is InChI=1S/C9H7Cl2NO2S/c1-6(5-12)15(13,14)7-2-3-8(10)9(11)4-7/h2-4,6H,1H3. The van der Waals surface area contributed by atoms with E-state index >= 15 is 0 Å². The minimum Gasteiger partial charge on any atom is -0.222 e. The Hall–Kier alpha value is -0.760. The number of sulfone groups is 1. The van der Waals surface area contributed by atoms with E-state index in [1.165, 1.54) is 25.1 Å². The minimum absolute atomic E-state index is 0.00551. The number of nitrogens with zero attached hydrogens (tertiary/aromatic N) is 1. The summed E-state index contributed by atoms with van der Waals surface area (Å²) in [6.45, 7) is 1.32. The van der Waals surface area contributed by atoms with Gasteiger partial charge in [-0.2, -0.15) is 5.26 Å². The molecule has 0 radical (unpaired) electrons. The van der Waals surface area contributed by atoms with Gasteiger partial charge >= 0.3 is 0 Å². The van der Waals surface area contributed by atoms with Gasteiger partial charge < -0.3 is 0 Å². The largest absolute Gasteiger partial charge is 0.222 e. The first-order valence-corrected chi connectivity index (χ1v) is 6.28. The molecule has 0 aliphatic carbocycles. The van der Waals surface area contributed by atoms with Crippen LogP contribution in [0.15, 0.2) is 23.1 Å². The van der Waals surface area contributed by atoms with Crippen molar-refractivity contribution in [1.29, 1.82) is 5.26 Å². The highest BCUT2D eigenvalue weighted by Crippen LogP contribution is 2.26. The third kappa shape index (κ3) is 2.43. The van der Waals surface area contributed by atoms with Crippen molar-refractivity contribution in [3.05, 3.63) is 28.2 Å². The molecule has 80 valence electrons. The van der Waals surface area contributed by atoms with Crippen LogP contribution in [-0.2, 0) is 9.84 Å². The van der Waals surface area contributed by atoms with Crippen LogP contribution in [-0.4, -0.2) is 13.7 Å². The molecular formula is C9H7Cl2NO2S. The third-order valence-corrected chi connectivity index (χ3v) is 4.55. The molecule has 0 aliphatic heterocycles. The summed E-state index contributed by atoms with van der Waals surface area (Å²) in [6, 6.07) is 5.64. The van der Waals surface area contributed by atoms with Crippen LogP contribution in [0.5, 0.6) is 0 Å². The summed E-state index contributed by atoms with van der Waals surface area (Å²) in [5.41, 5.74) is 0. The van der Waals surface area contributed by atoms with Crippen molar-refractivity contribution in [3.63, 3.8) is 0 Å². The first kappa shape index (κ1) is 12.3. The fourth-order valence-corrected chi connectivity index (χ4v) is 2.38. The Morgan fingerprint density at radius 1 is 1.33 bits per heavy atom. The summed E-state index contributed by atoms with van der Waals surface area (Å²) in [7, 11) is -3.63. The fourth-order valence-electron chi connectivity index (χ4n) is 0.927. The average molecular weight is 264 g/mol. The molecule has 0 fully saturated rings. The molecule has 0 aliphatic rings. The van der Waals surface area contributed by atoms with Gasteiger partial charge in [0, 0.05) is 0 Å². The van der Waals surface area contributed by atoms with E-state index in [0.717, 1.165) is 0 Å². The van der Waals surface area contributed by atoms with E-state index in [0.29, 0.717) is 0 Å². The van der Waals surface area contributed by atoms with E-state index in [1.54, 1.807) is 6.07 Å². The molecule has 0 saturated carbocycles. The third-order valence-electron chi connectivity index (χ3n) is 1.87. The first-order valence-electron chi connectivity index (χ1n) is 3.98. The Kier molecular flexibility index (Phi) is 3.61. The topological polar surface area (TPSA) is 57.9 Å². The van der Waals surface area contributed by atoms with E-state index in [-0.39, 0.29) is 14.9 Å². The van der Waals surface area contributed by atoms with Crippen molar-refractivity contribution in [2.45, 2.75) is 17.1 Å². The zero-order chi connectivity index (χ0) is 11.6. The van der Waals surface area contributed by atoms with Gasteiger partial charge in [0.25, 0.3) is 0 Å². The number of halogens is 2. The van der Waals surface area contributed by atoms with Crippen LogP contribution in [0.2, 0.25) is 10.0 Å². The van der Waals surface area contributed by atoms with Crippen LogP contribution in [0.4, 0.5) is 0 Å². The van der Waals surface area contributed by atoms with Gasteiger partial charge in [-0.15, -0.1) is 0 Å². The van der Waals surface area contributed by atoms with Gasteiger partial charge in [-0.1, -0.05) is 23.2 Å². The lowest BCUT2D eigenvalue weighted by Gasteiger charge is -2.06. The molecule has 0 spiro atoms. The molecule has 1 aromatic rings. The Bertz CT molecular complexity index is 519. The van der Waals surface area contributed by atoms with Crippen molar-refractivity contribution < 1.29 is 8.42 Å². The van der Waals surface area contributed by atoms with E-state index < -0.39 is 15.1 Å². The molecule has 1 rings (SSSR count). The van der Waals surface area contributed by atoms with Gasteiger partial charge in [0.1, 0.15) is 5.25 Å². The molecule has 15 heavy (non-hydrogen) atoms. The molecule has 0 aromatic heterocycles. The smallest absolute Gasteiger partial charge is 0.194 e. The van der Waals surface area contributed by atoms with Crippen LogP contribution < -0.4 is 0 Å². The quantitative estimate of drug-likeness (QED) is 0.825. The second-order valence-electron chi connectivity index (χ2n) is 2.89. The van der Waals surface area contributed by atoms with Crippen molar-refractivity contribution >= 4 is 33.0 Å². The minimum atomic E-state index is -3.63. The van der Waals surface area contributed by atoms with E-state index in [4.69, 9.17) is 28.5 Å². The van der Waals surface area contributed by atoms with Gasteiger partial charge in [-0.05, 0) is 25.1 Å². The highest BCUT2D eigenvalue weighted by molar-refractivity contribution is 7.92. The lowest BCUT2D eigenvalue weighted by atomic mass is 10.4.